The number of halogens is 2. The SMILES string of the molecule is Br.Br.CN1CCN(c2nccc(-c3ccc(O)cc3)n2)CC1. The summed E-state index contributed by atoms with van der Waals surface area (Å²) in [6.07, 6.45) is 1.79. The van der Waals surface area contributed by atoms with Gasteiger partial charge in [-0.25, -0.2) is 9.97 Å². The fraction of sp³-hybridized carbons (Fsp3) is 0.333. The molecule has 0 radical (unpaired) electrons. The normalized spacial score (nSPS) is 14.9. The number of nitrogens with zero attached hydrogens (tertiary/aromatic N) is 4. The Kier molecular flexibility index (Phi) is 7.25. The Bertz CT molecular complexity index is 586. The highest BCUT2D eigenvalue weighted by molar-refractivity contribution is 8.93. The van der Waals surface area contributed by atoms with Crippen LogP contribution in [0, 0.1) is 0 Å². The van der Waals surface area contributed by atoms with Crippen molar-refractivity contribution in [1.82, 2.24) is 14.9 Å². The molecule has 2 heterocycles. The van der Waals surface area contributed by atoms with Crippen molar-refractivity contribution in [3.8, 4) is 17.0 Å². The highest BCUT2D eigenvalue weighted by atomic mass is 79.9. The van der Waals surface area contributed by atoms with Crippen molar-refractivity contribution >= 4 is 39.9 Å². The molecule has 2 aromatic rings. The van der Waals surface area contributed by atoms with Crippen molar-refractivity contribution in [1.29, 1.82) is 0 Å². The molecule has 120 valence electrons. The lowest BCUT2D eigenvalue weighted by Crippen LogP contribution is -2.45. The van der Waals surface area contributed by atoms with Crippen LogP contribution in [0.25, 0.3) is 11.3 Å². The van der Waals surface area contributed by atoms with E-state index in [-0.39, 0.29) is 39.7 Å². The van der Waals surface area contributed by atoms with E-state index in [4.69, 9.17) is 0 Å². The van der Waals surface area contributed by atoms with E-state index in [1.54, 1.807) is 18.3 Å². The number of hydrogen-bond donors (Lipinski definition) is 1. The molecule has 1 aliphatic rings. The van der Waals surface area contributed by atoms with E-state index < -0.39 is 0 Å². The average molecular weight is 432 g/mol. The molecule has 0 aliphatic carbocycles. The second-order valence-electron chi connectivity index (χ2n) is 5.08. The first-order chi connectivity index (χ1) is 9.72. The maximum absolute atomic E-state index is 9.34. The molecule has 0 atom stereocenters. The molecule has 0 spiro atoms. The molecule has 1 saturated heterocycles. The van der Waals surface area contributed by atoms with E-state index in [0.29, 0.717) is 0 Å². The van der Waals surface area contributed by atoms with E-state index in [2.05, 4.69) is 26.8 Å². The third-order valence-corrected chi connectivity index (χ3v) is 3.59. The van der Waals surface area contributed by atoms with Gasteiger partial charge in [0, 0.05) is 37.9 Å². The molecule has 1 aliphatic heterocycles. The number of anilines is 1. The van der Waals surface area contributed by atoms with E-state index >= 15 is 0 Å². The molecular weight excluding hydrogens is 412 g/mol. The van der Waals surface area contributed by atoms with Gasteiger partial charge in [0.05, 0.1) is 5.69 Å². The van der Waals surface area contributed by atoms with Gasteiger partial charge in [0.1, 0.15) is 5.75 Å². The van der Waals surface area contributed by atoms with Crippen LogP contribution < -0.4 is 4.90 Å². The van der Waals surface area contributed by atoms with E-state index in [1.807, 2.05) is 18.2 Å². The highest BCUT2D eigenvalue weighted by Gasteiger charge is 2.16. The van der Waals surface area contributed by atoms with Crippen molar-refractivity contribution in [2.75, 3.05) is 38.1 Å². The molecule has 1 N–H and O–H groups in total. The number of likely N-dealkylation sites (N-methyl/N-ethyl adjacent to an activating group) is 1. The van der Waals surface area contributed by atoms with Gasteiger partial charge in [0.25, 0.3) is 0 Å². The quantitative estimate of drug-likeness (QED) is 0.792. The summed E-state index contributed by atoms with van der Waals surface area (Å²) in [6, 6.07) is 8.97. The van der Waals surface area contributed by atoms with Crippen molar-refractivity contribution in [3.05, 3.63) is 36.5 Å². The number of benzene rings is 1. The standard InChI is InChI=1S/C15H18N4O.2BrH/c1-18-8-10-19(11-9-18)15-16-7-6-14(17-15)12-2-4-13(20)5-3-12;;/h2-7,20H,8-11H2,1H3;2*1H. The lowest BCUT2D eigenvalue weighted by molar-refractivity contribution is 0.311. The van der Waals surface area contributed by atoms with Crippen LogP contribution in [0.2, 0.25) is 0 Å². The smallest absolute Gasteiger partial charge is 0.225 e. The van der Waals surface area contributed by atoms with Crippen molar-refractivity contribution in [2.45, 2.75) is 0 Å². The first-order valence-electron chi connectivity index (χ1n) is 6.78. The molecule has 1 aromatic carbocycles. The van der Waals surface area contributed by atoms with Crippen molar-refractivity contribution < 1.29 is 5.11 Å². The zero-order valence-corrected chi connectivity index (χ0v) is 15.8. The molecule has 3 rings (SSSR count). The summed E-state index contributed by atoms with van der Waals surface area (Å²) in [7, 11) is 2.13. The van der Waals surface area contributed by atoms with E-state index in [0.717, 1.165) is 43.4 Å². The number of phenols is 1. The number of aromatic nitrogens is 2. The van der Waals surface area contributed by atoms with Gasteiger partial charge in [0.2, 0.25) is 5.95 Å². The summed E-state index contributed by atoms with van der Waals surface area (Å²) < 4.78 is 0. The third kappa shape index (κ3) is 4.41. The lowest BCUT2D eigenvalue weighted by Gasteiger charge is -2.32. The van der Waals surface area contributed by atoms with Crippen LogP contribution in [-0.4, -0.2) is 53.2 Å². The monoisotopic (exact) mass is 430 g/mol. The molecule has 0 saturated carbocycles. The van der Waals surface area contributed by atoms with Crippen LogP contribution in [0.15, 0.2) is 36.5 Å². The summed E-state index contributed by atoms with van der Waals surface area (Å²) in [4.78, 5) is 13.5. The van der Waals surface area contributed by atoms with Gasteiger partial charge >= 0.3 is 0 Å². The van der Waals surface area contributed by atoms with Crippen LogP contribution >= 0.6 is 34.0 Å². The van der Waals surface area contributed by atoms with Gasteiger partial charge in [-0.05, 0) is 37.4 Å². The van der Waals surface area contributed by atoms with E-state index in [9.17, 15) is 5.11 Å². The highest BCUT2D eigenvalue weighted by Crippen LogP contribution is 2.21. The second kappa shape index (κ2) is 8.45. The predicted octanol–water partition coefficient (Wildman–Crippen LogP) is 2.76. The minimum atomic E-state index is 0. The zero-order valence-electron chi connectivity index (χ0n) is 12.3. The molecule has 7 heteroatoms. The van der Waals surface area contributed by atoms with Gasteiger partial charge in [-0.15, -0.1) is 34.0 Å². The van der Waals surface area contributed by atoms with Crippen LogP contribution in [0.4, 0.5) is 5.95 Å². The molecule has 0 bridgehead atoms. The van der Waals surface area contributed by atoms with Crippen LogP contribution in [-0.2, 0) is 0 Å². The molecule has 1 aromatic heterocycles. The van der Waals surface area contributed by atoms with Crippen LogP contribution in [0.3, 0.4) is 0 Å². The lowest BCUT2D eigenvalue weighted by atomic mass is 10.1. The Balaban J connectivity index is 0.00000121. The van der Waals surface area contributed by atoms with Crippen LogP contribution in [0.5, 0.6) is 5.75 Å². The Morgan fingerprint density at radius 3 is 2.23 bits per heavy atom. The molecule has 1 fully saturated rings. The minimum absolute atomic E-state index is 0. The fourth-order valence-corrected chi connectivity index (χ4v) is 2.30. The summed E-state index contributed by atoms with van der Waals surface area (Å²) in [5.41, 5.74) is 1.87. The maximum Gasteiger partial charge on any atom is 0.225 e. The number of hydrogen-bond acceptors (Lipinski definition) is 5. The average Bonchev–Trinajstić information content (AvgIpc) is 2.49. The summed E-state index contributed by atoms with van der Waals surface area (Å²) in [5, 5.41) is 9.34. The fourth-order valence-electron chi connectivity index (χ4n) is 2.30. The minimum Gasteiger partial charge on any atom is -0.508 e. The number of aromatic hydroxyl groups is 1. The van der Waals surface area contributed by atoms with Gasteiger partial charge in [0.15, 0.2) is 0 Å². The van der Waals surface area contributed by atoms with Crippen LogP contribution in [0.1, 0.15) is 0 Å². The summed E-state index contributed by atoms with van der Waals surface area (Å²) in [6.45, 7) is 3.98. The van der Waals surface area contributed by atoms with Gasteiger partial charge in [-0.2, -0.15) is 0 Å². The Labute approximate surface area is 151 Å². The summed E-state index contributed by atoms with van der Waals surface area (Å²) >= 11 is 0. The molecule has 0 amide bonds. The Morgan fingerprint density at radius 2 is 1.59 bits per heavy atom. The zero-order chi connectivity index (χ0) is 13.9. The van der Waals surface area contributed by atoms with Gasteiger partial charge in [-0.3, -0.25) is 0 Å². The Hall–Kier alpha value is -1.18. The van der Waals surface area contributed by atoms with Crippen molar-refractivity contribution in [2.24, 2.45) is 0 Å². The van der Waals surface area contributed by atoms with Crippen molar-refractivity contribution in [3.63, 3.8) is 0 Å². The molecule has 0 unspecified atom stereocenters. The molecule has 5 nitrogen and oxygen atoms in total. The van der Waals surface area contributed by atoms with E-state index in [1.165, 1.54) is 0 Å². The number of piperazine rings is 1. The first-order valence-corrected chi connectivity index (χ1v) is 6.78. The number of rotatable bonds is 2. The van der Waals surface area contributed by atoms with Gasteiger partial charge < -0.3 is 14.9 Å². The number of phenolic OH excluding ortho intramolecular Hbond substituents is 1. The Morgan fingerprint density at radius 1 is 0.955 bits per heavy atom. The van der Waals surface area contributed by atoms with Gasteiger partial charge in [-0.1, -0.05) is 0 Å². The topological polar surface area (TPSA) is 52.5 Å². The predicted molar refractivity (Wildman–Crippen MR) is 99.5 cm³/mol. The first kappa shape index (κ1) is 18.9. The largest absolute Gasteiger partial charge is 0.508 e. The maximum atomic E-state index is 9.34. The molecule has 22 heavy (non-hydrogen) atoms. The summed E-state index contributed by atoms with van der Waals surface area (Å²) in [5.74, 6) is 1.05. The second-order valence-corrected chi connectivity index (χ2v) is 5.08. The molecular formula is C15H20Br2N4O. The third-order valence-electron chi connectivity index (χ3n) is 3.59.